The van der Waals surface area contributed by atoms with Gasteiger partial charge in [0.05, 0.1) is 6.26 Å². The summed E-state index contributed by atoms with van der Waals surface area (Å²) in [5.74, 6) is 0.289. The lowest BCUT2D eigenvalue weighted by molar-refractivity contribution is 0.474. The number of hydrogen-bond donors (Lipinski definition) is 2. The first-order valence-corrected chi connectivity index (χ1v) is 11.4. The molecule has 0 saturated carbocycles. The molecule has 5 heteroatoms. The largest absolute Gasteiger partial charge is 0.508 e. The van der Waals surface area contributed by atoms with E-state index in [-0.39, 0.29) is 12.3 Å². The Hall–Kier alpha value is -2.89. The van der Waals surface area contributed by atoms with Crippen LogP contribution in [0.1, 0.15) is 33.4 Å². The number of phenols is 1. The van der Waals surface area contributed by atoms with Crippen molar-refractivity contribution in [2.45, 2.75) is 19.4 Å². The van der Waals surface area contributed by atoms with Gasteiger partial charge in [0.25, 0.3) is 0 Å². The van der Waals surface area contributed by atoms with Crippen LogP contribution in [-0.2, 0) is 29.4 Å². The van der Waals surface area contributed by atoms with Gasteiger partial charge in [0.15, 0.2) is 0 Å². The van der Waals surface area contributed by atoms with E-state index in [2.05, 4.69) is 35.1 Å². The highest BCUT2D eigenvalue weighted by atomic mass is 32.2. The molecule has 4 rings (SSSR count). The molecular formula is C24H23NO3S. The Balaban J connectivity index is 1.74. The lowest BCUT2D eigenvalue weighted by Crippen LogP contribution is -2.21. The molecule has 29 heavy (non-hydrogen) atoms. The highest BCUT2D eigenvalue weighted by Crippen LogP contribution is 2.36. The van der Waals surface area contributed by atoms with Crippen LogP contribution in [-0.4, -0.2) is 19.8 Å². The van der Waals surface area contributed by atoms with Crippen LogP contribution < -0.4 is 4.72 Å². The van der Waals surface area contributed by atoms with Crippen LogP contribution in [0.2, 0.25) is 0 Å². The van der Waals surface area contributed by atoms with E-state index in [9.17, 15) is 13.5 Å². The number of rotatable bonds is 4. The van der Waals surface area contributed by atoms with Gasteiger partial charge in [-0.25, -0.2) is 13.1 Å². The van der Waals surface area contributed by atoms with Crippen molar-refractivity contribution in [3.8, 4) is 5.75 Å². The molecule has 0 atom stereocenters. The Morgan fingerprint density at radius 3 is 2.38 bits per heavy atom. The first-order chi connectivity index (χ1) is 13.9. The van der Waals surface area contributed by atoms with E-state index in [1.54, 1.807) is 6.07 Å². The van der Waals surface area contributed by atoms with Gasteiger partial charge in [0, 0.05) is 6.54 Å². The second kappa shape index (κ2) is 7.85. The van der Waals surface area contributed by atoms with E-state index in [4.69, 9.17) is 0 Å². The summed E-state index contributed by atoms with van der Waals surface area (Å²) in [7, 11) is -3.21. The second-order valence-electron chi connectivity index (χ2n) is 7.39. The molecule has 0 aliphatic heterocycles. The van der Waals surface area contributed by atoms with Crippen molar-refractivity contribution in [1.29, 1.82) is 0 Å². The zero-order valence-corrected chi connectivity index (χ0v) is 17.0. The number of phenolic OH excluding ortho intramolecular Hbond substituents is 1. The molecule has 4 nitrogen and oxygen atoms in total. The van der Waals surface area contributed by atoms with Crippen molar-refractivity contribution in [3.63, 3.8) is 0 Å². The first-order valence-electron chi connectivity index (χ1n) is 9.55. The molecule has 2 N–H and O–H groups in total. The van der Waals surface area contributed by atoms with Crippen molar-refractivity contribution in [2.75, 3.05) is 6.26 Å². The molecule has 0 spiro atoms. The predicted octanol–water partition coefficient (Wildman–Crippen LogP) is 4.13. The molecule has 1 aliphatic carbocycles. The molecule has 148 valence electrons. The molecule has 3 aromatic carbocycles. The lowest BCUT2D eigenvalue weighted by atomic mass is 9.92. The Morgan fingerprint density at radius 2 is 1.62 bits per heavy atom. The fraction of sp³-hybridized carbons (Fsp3) is 0.167. The predicted molar refractivity (Wildman–Crippen MR) is 117 cm³/mol. The van der Waals surface area contributed by atoms with Gasteiger partial charge >= 0.3 is 0 Å². The highest BCUT2D eigenvalue weighted by Gasteiger charge is 2.18. The Bertz CT molecular complexity index is 1180. The molecule has 3 aromatic rings. The maximum absolute atomic E-state index is 11.3. The summed E-state index contributed by atoms with van der Waals surface area (Å²) < 4.78 is 25.1. The van der Waals surface area contributed by atoms with Gasteiger partial charge in [0.1, 0.15) is 5.75 Å². The van der Waals surface area contributed by atoms with Crippen LogP contribution in [0.15, 0.2) is 66.7 Å². The quantitative estimate of drug-likeness (QED) is 0.686. The number of nitrogens with one attached hydrogen (secondary N) is 1. The molecule has 0 aromatic heterocycles. The van der Waals surface area contributed by atoms with E-state index >= 15 is 0 Å². The van der Waals surface area contributed by atoms with Crippen LogP contribution >= 0.6 is 0 Å². The maximum atomic E-state index is 11.3. The summed E-state index contributed by atoms with van der Waals surface area (Å²) in [6, 6.07) is 21.9. The zero-order valence-electron chi connectivity index (χ0n) is 16.2. The number of sulfonamides is 1. The Morgan fingerprint density at radius 1 is 0.931 bits per heavy atom. The van der Waals surface area contributed by atoms with Crippen LogP contribution in [0.3, 0.4) is 0 Å². The Labute approximate surface area is 171 Å². The maximum Gasteiger partial charge on any atom is 0.209 e. The molecule has 0 amide bonds. The third-order valence-electron chi connectivity index (χ3n) is 5.18. The van der Waals surface area contributed by atoms with Crippen LogP contribution in [0.5, 0.6) is 5.75 Å². The van der Waals surface area contributed by atoms with Gasteiger partial charge in [0.2, 0.25) is 10.0 Å². The van der Waals surface area contributed by atoms with E-state index in [0.29, 0.717) is 0 Å². The summed E-state index contributed by atoms with van der Waals surface area (Å²) in [6.45, 7) is 0.278. The number of hydrogen-bond acceptors (Lipinski definition) is 3. The lowest BCUT2D eigenvalue weighted by Gasteiger charge is -2.13. The molecular weight excluding hydrogens is 382 g/mol. The molecule has 0 bridgehead atoms. The van der Waals surface area contributed by atoms with E-state index in [1.165, 1.54) is 11.1 Å². The van der Waals surface area contributed by atoms with Gasteiger partial charge in [-0.15, -0.1) is 0 Å². The van der Waals surface area contributed by atoms with Gasteiger partial charge in [-0.2, -0.15) is 0 Å². The van der Waals surface area contributed by atoms with Crippen LogP contribution in [0.25, 0.3) is 11.6 Å². The minimum atomic E-state index is -3.21. The molecule has 0 fully saturated rings. The standard InChI is InChI=1S/C24H23NO3S/c1-29(27,28)25-16-18-8-6-17(7-9-18)14-24-22-5-3-2-4-19(22)10-11-20-15-21(26)12-13-23(20)24/h2-9,12-15,25-26H,10-11,16H2,1H3/b24-14+. The fourth-order valence-electron chi connectivity index (χ4n) is 3.73. The molecule has 0 saturated heterocycles. The van der Waals surface area contributed by atoms with Crippen molar-refractivity contribution in [2.24, 2.45) is 0 Å². The average molecular weight is 406 g/mol. The van der Waals surface area contributed by atoms with E-state index in [1.807, 2.05) is 36.4 Å². The smallest absolute Gasteiger partial charge is 0.209 e. The zero-order chi connectivity index (χ0) is 20.4. The normalized spacial score (nSPS) is 14.9. The van der Waals surface area contributed by atoms with Crippen LogP contribution in [0, 0.1) is 0 Å². The minimum Gasteiger partial charge on any atom is -0.508 e. The molecule has 0 heterocycles. The number of fused-ring (bicyclic) bond motifs is 2. The van der Waals surface area contributed by atoms with Crippen molar-refractivity contribution in [3.05, 3.63) is 100 Å². The van der Waals surface area contributed by atoms with Crippen molar-refractivity contribution >= 4 is 21.7 Å². The summed E-state index contributed by atoms with van der Waals surface area (Å²) in [4.78, 5) is 0. The van der Waals surface area contributed by atoms with E-state index in [0.717, 1.165) is 46.9 Å². The summed E-state index contributed by atoms with van der Waals surface area (Å²) in [5, 5.41) is 9.94. The van der Waals surface area contributed by atoms with E-state index < -0.39 is 10.0 Å². The topological polar surface area (TPSA) is 66.4 Å². The first kappa shape index (κ1) is 19.4. The Kier molecular flexibility index (Phi) is 5.26. The molecule has 0 radical (unpaired) electrons. The highest BCUT2D eigenvalue weighted by molar-refractivity contribution is 7.88. The summed E-state index contributed by atoms with van der Waals surface area (Å²) >= 11 is 0. The van der Waals surface area contributed by atoms with Gasteiger partial charge < -0.3 is 5.11 Å². The third-order valence-corrected chi connectivity index (χ3v) is 5.85. The monoisotopic (exact) mass is 405 g/mol. The SMILES string of the molecule is CS(=O)(=O)NCc1ccc(/C=C2\c3ccccc3CCc3cc(O)ccc32)cc1. The summed E-state index contributed by atoms with van der Waals surface area (Å²) in [6.07, 6.45) is 5.13. The van der Waals surface area contributed by atoms with Crippen LogP contribution in [0.4, 0.5) is 0 Å². The second-order valence-corrected chi connectivity index (χ2v) is 9.22. The van der Waals surface area contributed by atoms with Crippen molar-refractivity contribution < 1.29 is 13.5 Å². The number of benzene rings is 3. The number of aryl methyl sites for hydroxylation is 2. The number of aromatic hydroxyl groups is 1. The molecule has 0 unspecified atom stereocenters. The van der Waals surface area contributed by atoms with Gasteiger partial charge in [-0.05, 0) is 70.0 Å². The van der Waals surface area contributed by atoms with Gasteiger partial charge in [-0.1, -0.05) is 54.6 Å². The average Bonchev–Trinajstić information content (AvgIpc) is 2.84. The fourth-order valence-corrected chi connectivity index (χ4v) is 4.16. The minimum absolute atomic E-state index is 0.278. The van der Waals surface area contributed by atoms with Crippen molar-refractivity contribution in [1.82, 2.24) is 4.72 Å². The summed E-state index contributed by atoms with van der Waals surface area (Å²) in [5.41, 5.74) is 7.86. The molecule has 1 aliphatic rings. The third kappa shape index (κ3) is 4.58. The van der Waals surface area contributed by atoms with Gasteiger partial charge in [-0.3, -0.25) is 0 Å².